The number of aliphatic hydroxyl groups excluding tert-OH is 1. The summed E-state index contributed by atoms with van der Waals surface area (Å²) in [4.78, 5) is 28.0. The number of thioether (sulfide) groups is 1. The Kier molecular flexibility index (Phi) is 6.89. The Morgan fingerprint density at radius 3 is 2.67 bits per heavy atom. The van der Waals surface area contributed by atoms with Crippen molar-refractivity contribution in [2.75, 3.05) is 4.90 Å². The predicted molar refractivity (Wildman–Crippen MR) is 152 cm³/mol. The monoisotopic (exact) mass is 573 g/mol. The Morgan fingerprint density at radius 2 is 1.90 bits per heavy atom. The maximum atomic E-state index is 15.2. The number of hydrogen-bond acceptors (Lipinski definition) is 8. The molecular weight excluding hydrogens is 549 g/mol. The van der Waals surface area contributed by atoms with Gasteiger partial charge < -0.3 is 9.84 Å². The van der Waals surface area contributed by atoms with Crippen molar-refractivity contribution < 1.29 is 23.8 Å². The highest BCUT2D eigenvalue weighted by Gasteiger charge is 2.49. The van der Waals surface area contributed by atoms with E-state index in [1.54, 1.807) is 24.3 Å². The minimum absolute atomic E-state index is 0.00753. The zero-order valence-electron chi connectivity index (χ0n) is 21.6. The molecule has 40 heavy (non-hydrogen) atoms. The fourth-order valence-electron chi connectivity index (χ4n) is 4.93. The number of carbonyl (C=O) groups excluding carboxylic acids is 2. The lowest BCUT2D eigenvalue weighted by Gasteiger charge is -2.22. The largest absolute Gasteiger partial charge is 0.507 e. The average Bonchev–Trinajstić information content (AvgIpc) is 3.63. The van der Waals surface area contributed by atoms with Crippen LogP contribution in [0.2, 0.25) is 0 Å². The third kappa shape index (κ3) is 4.77. The normalized spacial score (nSPS) is 19.6. The minimum atomic E-state index is -1.22. The molecule has 10 heteroatoms. The fourth-order valence-corrected chi connectivity index (χ4v) is 6.76. The van der Waals surface area contributed by atoms with Gasteiger partial charge in [-0.2, -0.15) is 0 Å². The number of nitrogens with zero attached hydrogens (tertiary/aromatic N) is 3. The number of Topliss-reactive ketones (excluding diaryl/α,β-unsaturated/α-hetero) is 1. The quantitative estimate of drug-likeness (QED) is 0.0961. The second-order valence-corrected chi connectivity index (χ2v) is 11.9. The third-order valence-corrected chi connectivity index (χ3v) is 9.03. The molecule has 1 N–H and O–H groups in total. The molecule has 0 saturated carbocycles. The van der Waals surface area contributed by atoms with E-state index in [1.165, 1.54) is 35.5 Å². The zero-order valence-corrected chi connectivity index (χ0v) is 23.3. The van der Waals surface area contributed by atoms with Crippen LogP contribution >= 0.6 is 23.1 Å². The number of aryl methyl sites for hydroxylation is 1. The lowest BCUT2D eigenvalue weighted by molar-refractivity contribution is -0.132. The van der Waals surface area contributed by atoms with Crippen LogP contribution < -0.4 is 9.64 Å². The van der Waals surface area contributed by atoms with Gasteiger partial charge in [-0.3, -0.25) is 14.5 Å². The van der Waals surface area contributed by atoms with Crippen molar-refractivity contribution in [3.63, 3.8) is 0 Å². The van der Waals surface area contributed by atoms with Crippen LogP contribution in [0, 0.1) is 12.7 Å². The van der Waals surface area contributed by atoms with Crippen molar-refractivity contribution in [2.24, 2.45) is 0 Å². The lowest BCUT2D eigenvalue weighted by atomic mass is 9.94. The van der Waals surface area contributed by atoms with Crippen LogP contribution in [0.4, 0.5) is 9.52 Å². The third-order valence-electron chi connectivity index (χ3n) is 6.90. The number of aliphatic hydroxyl groups is 1. The summed E-state index contributed by atoms with van der Waals surface area (Å²) in [5.41, 5.74) is 3.37. The Hall–Kier alpha value is -4.02. The van der Waals surface area contributed by atoms with Gasteiger partial charge in [0.15, 0.2) is 4.34 Å². The van der Waals surface area contributed by atoms with Crippen molar-refractivity contribution in [1.82, 2.24) is 10.2 Å². The molecule has 0 bridgehead atoms. The van der Waals surface area contributed by atoms with E-state index in [9.17, 15) is 14.7 Å². The number of anilines is 1. The first kappa shape index (κ1) is 26.2. The Bertz CT molecular complexity index is 1670. The molecule has 7 nitrogen and oxygen atoms in total. The van der Waals surface area contributed by atoms with Gasteiger partial charge in [0.25, 0.3) is 5.78 Å². The molecule has 2 aliphatic heterocycles. The van der Waals surface area contributed by atoms with Gasteiger partial charge in [-0.15, -0.1) is 10.2 Å². The van der Waals surface area contributed by atoms with Crippen LogP contribution in [-0.4, -0.2) is 33.1 Å². The maximum absolute atomic E-state index is 15.2. The topological polar surface area (TPSA) is 92.6 Å². The first-order chi connectivity index (χ1) is 19.3. The molecule has 1 saturated heterocycles. The van der Waals surface area contributed by atoms with Crippen LogP contribution in [0.1, 0.15) is 40.8 Å². The number of hydrogen-bond donors (Lipinski definition) is 1. The highest BCUT2D eigenvalue weighted by Crippen LogP contribution is 2.45. The number of benzene rings is 3. The fraction of sp³-hybridized carbons (Fsp3) is 0.200. The summed E-state index contributed by atoms with van der Waals surface area (Å²) in [6.45, 7) is 3.96. The number of aromatic nitrogens is 2. The molecule has 0 radical (unpaired) electrons. The summed E-state index contributed by atoms with van der Waals surface area (Å²) >= 11 is 2.59. The summed E-state index contributed by atoms with van der Waals surface area (Å²) in [6.07, 6.45) is 0.641. The van der Waals surface area contributed by atoms with E-state index in [1.807, 2.05) is 38.1 Å². The molecule has 0 aliphatic carbocycles. The minimum Gasteiger partial charge on any atom is -0.507 e. The highest BCUT2D eigenvalue weighted by atomic mass is 32.2. The first-order valence-corrected chi connectivity index (χ1v) is 14.5. The molecule has 4 aromatic rings. The SMILES string of the molecule is Cc1ccc(CSc2nnc(N3C(=O)C(=O)/C(=C(/O)c4ccc5c(c4)CC(C)O5)C3c3ccccc3F)s2)cc1. The van der Waals surface area contributed by atoms with Crippen molar-refractivity contribution >= 4 is 45.7 Å². The van der Waals surface area contributed by atoms with Crippen LogP contribution in [0.25, 0.3) is 5.76 Å². The van der Waals surface area contributed by atoms with Gasteiger partial charge in [0.1, 0.15) is 29.5 Å². The number of fused-ring (bicyclic) bond motifs is 1. The Balaban J connectivity index is 1.39. The summed E-state index contributed by atoms with van der Waals surface area (Å²) in [5.74, 6) is -1.46. The van der Waals surface area contributed by atoms with Gasteiger partial charge >= 0.3 is 5.91 Å². The molecule has 2 unspecified atom stereocenters. The molecule has 1 amide bonds. The Morgan fingerprint density at radius 1 is 1.12 bits per heavy atom. The van der Waals surface area contributed by atoms with E-state index in [2.05, 4.69) is 10.2 Å². The number of ether oxygens (including phenoxy) is 1. The van der Waals surface area contributed by atoms with E-state index >= 15 is 4.39 Å². The molecule has 2 aliphatic rings. The summed E-state index contributed by atoms with van der Waals surface area (Å²) < 4.78 is 21.5. The average molecular weight is 574 g/mol. The predicted octanol–water partition coefficient (Wildman–Crippen LogP) is 6.23. The van der Waals surface area contributed by atoms with Crippen LogP contribution in [-0.2, 0) is 21.8 Å². The number of carbonyl (C=O) groups is 2. The maximum Gasteiger partial charge on any atom is 0.301 e. The lowest BCUT2D eigenvalue weighted by Crippen LogP contribution is -2.29. The Labute approximate surface area is 238 Å². The van der Waals surface area contributed by atoms with Gasteiger partial charge in [0.05, 0.1) is 5.57 Å². The molecule has 3 heterocycles. The van der Waals surface area contributed by atoms with Crippen molar-refractivity contribution in [3.8, 4) is 5.75 Å². The van der Waals surface area contributed by atoms with Crippen LogP contribution in [0.15, 0.2) is 76.6 Å². The molecule has 1 fully saturated rings. The second kappa shape index (κ2) is 10.5. The van der Waals surface area contributed by atoms with Crippen LogP contribution in [0.3, 0.4) is 0 Å². The number of halogens is 1. The molecule has 6 rings (SSSR count). The van der Waals surface area contributed by atoms with E-state index in [0.717, 1.165) is 27.4 Å². The molecule has 202 valence electrons. The van der Waals surface area contributed by atoms with Gasteiger partial charge in [-0.25, -0.2) is 4.39 Å². The van der Waals surface area contributed by atoms with Gasteiger partial charge in [-0.05, 0) is 49.2 Å². The van der Waals surface area contributed by atoms with E-state index in [0.29, 0.717) is 27.8 Å². The standard InChI is InChI=1S/C30H24FN3O4S2/c1-16-7-9-18(10-8-16)15-39-30-33-32-29(40-30)34-25(21-5-3-4-6-22(21)31)24(27(36)28(34)37)26(35)19-11-12-23-20(14-19)13-17(2)38-23/h3-12,14,17,25,35H,13,15H2,1-2H3/b26-24+. The molecule has 1 aromatic heterocycles. The van der Waals surface area contributed by atoms with Crippen molar-refractivity contribution in [2.45, 2.75) is 42.5 Å². The van der Waals surface area contributed by atoms with Crippen molar-refractivity contribution in [1.29, 1.82) is 0 Å². The molecular formula is C30H24FN3O4S2. The molecule has 2 atom stereocenters. The van der Waals surface area contributed by atoms with E-state index in [-0.39, 0.29) is 28.1 Å². The number of ketones is 1. The van der Waals surface area contributed by atoms with E-state index in [4.69, 9.17) is 4.74 Å². The van der Waals surface area contributed by atoms with E-state index < -0.39 is 23.5 Å². The van der Waals surface area contributed by atoms with Gasteiger partial charge in [0.2, 0.25) is 5.13 Å². The van der Waals surface area contributed by atoms with Gasteiger partial charge in [0, 0.05) is 23.3 Å². The van der Waals surface area contributed by atoms with Gasteiger partial charge in [-0.1, -0.05) is 71.1 Å². The van der Waals surface area contributed by atoms with Crippen molar-refractivity contribution in [3.05, 3.63) is 106 Å². The molecule has 3 aromatic carbocycles. The summed E-state index contributed by atoms with van der Waals surface area (Å²) in [6, 6.07) is 17.9. The first-order valence-electron chi connectivity index (χ1n) is 12.7. The number of rotatable bonds is 6. The highest BCUT2D eigenvalue weighted by molar-refractivity contribution is 8.00. The molecule has 0 spiro atoms. The summed E-state index contributed by atoms with van der Waals surface area (Å²) in [7, 11) is 0. The number of amides is 1. The summed E-state index contributed by atoms with van der Waals surface area (Å²) in [5, 5.41) is 20.0. The van der Waals surface area contributed by atoms with Crippen LogP contribution in [0.5, 0.6) is 5.75 Å². The zero-order chi connectivity index (χ0) is 28.0. The second-order valence-electron chi connectivity index (χ2n) is 9.77. The smallest absolute Gasteiger partial charge is 0.301 e.